The van der Waals surface area contributed by atoms with E-state index in [4.69, 9.17) is 9.47 Å². The molecule has 1 rings (SSSR count). The maximum absolute atomic E-state index is 11.5. The SMILES string of the molecule is CCOC(=O)c1nc(S)[nH]c1C(=O)OCC. The average molecular weight is 244 g/mol. The summed E-state index contributed by atoms with van der Waals surface area (Å²) in [6.45, 7) is 3.74. The van der Waals surface area contributed by atoms with Gasteiger partial charge in [0, 0.05) is 0 Å². The number of hydrogen-bond donors (Lipinski definition) is 2. The monoisotopic (exact) mass is 244 g/mol. The van der Waals surface area contributed by atoms with E-state index < -0.39 is 11.9 Å². The van der Waals surface area contributed by atoms with Gasteiger partial charge in [-0.2, -0.15) is 0 Å². The molecule has 1 N–H and O–H groups in total. The van der Waals surface area contributed by atoms with E-state index in [1.165, 1.54) is 0 Å². The van der Waals surface area contributed by atoms with Crippen LogP contribution in [0.3, 0.4) is 0 Å². The molecule has 0 aliphatic rings. The average Bonchev–Trinajstić information content (AvgIpc) is 2.61. The molecule has 6 nitrogen and oxygen atoms in total. The number of hydrogen-bond acceptors (Lipinski definition) is 6. The van der Waals surface area contributed by atoms with Crippen LogP contribution in [0.5, 0.6) is 0 Å². The van der Waals surface area contributed by atoms with Crippen molar-refractivity contribution in [2.45, 2.75) is 19.0 Å². The molecule has 0 bridgehead atoms. The molecule has 0 aromatic carbocycles. The third-order valence-electron chi connectivity index (χ3n) is 1.64. The molecule has 0 atom stereocenters. The van der Waals surface area contributed by atoms with Gasteiger partial charge in [-0.1, -0.05) is 0 Å². The van der Waals surface area contributed by atoms with Gasteiger partial charge < -0.3 is 14.5 Å². The number of nitrogens with zero attached hydrogens (tertiary/aromatic N) is 1. The van der Waals surface area contributed by atoms with Gasteiger partial charge in [0.1, 0.15) is 0 Å². The van der Waals surface area contributed by atoms with Crippen LogP contribution in [0.15, 0.2) is 5.16 Å². The molecule has 0 saturated heterocycles. The first-order valence-corrected chi connectivity index (χ1v) is 5.18. The van der Waals surface area contributed by atoms with E-state index in [0.717, 1.165) is 0 Å². The highest BCUT2D eigenvalue weighted by atomic mass is 32.1. The van der Waals surface area contributed by atoms with Gasteiger partial charge in [-0.15, -0.1) is 12.6 Å². The summed E-state index contributed by atoms with van der Waals surface area (Å²) in [5.74, 6) is -1.33. The third-order valence-corrected chi connectivity index (χ3v) is 1.85. The molecule has 0 aliphatic carbocycles. The molecule has 1 aromatic heterocycles. The molecule has 1 heterocycles. The van der Waals surface area contributed by atoms with Crippen LogP contribution in [-0.2, 0) is 9.47 Å². The van der Waals surface area contributed by atoms with Crippen LogP contribution in [0.1, 0.15) is 34.8 Å². The molecule has 0 saturated carbocycles. The van der Waals surface area contributed by atoms with Crippen molar-refractivity contribution in [3.05, 3.63) is 11.4 Å². The van der Waals surface area contributed by atoms with Gasteiger partial charge in [0.15, 0.2) is 16.5 Å². The summed E-state index contributed by atoms with van der Waals surface area (Å²) in [5, 5.41) is 0.158. The van der Waals surface area contributed by atoms with Crippen molar-refractivity contribution in [1.29, 1.82) is 0 Å². The molecule has 0 unspecified atom stereocenters. The summed E-state index contributed by atoms with van der Waals surface area (Å²) in [6, 6.07) is 0. The molecular weight excluding hydrogens is 232 g/mol. The number of ether oxygens (including phenoxy) is 2. The number of aromatic amines is 1. The normalized spacial score (nSPS) is 9.94. The van der Waals surface area contributed by atoms with Crippen molar-refractivity contribution < 1.29 is 19.1 Å². The van der Waals surface area contributed by atoms with Crippen LogP contribution in [0.4, 0.5) is 0 Å². The lowest BCUT2D eigenvalue weighted by atomic mass is 10.3. The Morgan fingerprint density at radius 1 is 1.25 bits per heavy atom. The van der Waals surface area contributed by atoms with Gasteiger partial charge in [0.05, 0.1) is 13.2 Å². The molecule has 0 amide bonds. The molecule has 0 aliphatic heterocycles. The van der Waals surface area contributed by atoms with E-state index in [0.29, 0.717) is 0 Å². The standard InChI is InChI=1S/C9H12N2O4S/c1-3-14-7(12)5-6(8(13)15-4-2)11-9(16)10-5/h3-4H2,1-2H3,(H2,10,11,16). The van der Waals surface area contributed by atoms with Gasteiger partial charge in [-0.05, 0) is 13.8 Å². The maximum atomic E-state index is 11.5. The molecule has 1 aromatic rings. The number of carbonyl (C=O) groups excluding carboxylic acids is 2. The van der Waals surface area contributed by atoms with Crippen molar-refractivity contribution >= 4 is 24.6 Å². The number of esters is 2. The molecular formula is C9H12N2O4S. The first kappa shape index (κ1) is 12.6. The van der Waals surface area contributed by atoms with Crippen molar-refractivity contribution in [1.82, 2.24) is 9.97 Å². The molecule has 7 heteroatoms. The van der Waals surface area contributed by atoms with Crippen molar-refractivity contribution in [3.63, 3.8) is 0 Å². The second-order valence-corrected chi connectivity index (χ2v) is 3.15. The lowest BCUT2D eigenvalue weighted by Gasteiger charge is -2.01. The summed E-state index contributed by atoms with van der Waals surface area (Å²) < 4.78 is 9.51. The van der Waals surface area contributed by atoms with Crippen LogP contribution in [0.25, 0.3) is 0 Å². The second kappa shape index (κ2) is 5.55. The largest absolute Gasteiger partial charge is 0.461 e. The minimum Gasteiger partial charge on any atom is -0.461 e. The Kier molecular flexibility index (Phi) is 4.36. The molecule has 88 valence electrons. The number of aromatic nitrogens is 2. The third kappa shape index (κ3) is 2.75. The fourth-order valence-electron chi connectivity index (χ4n) is 1.06. The number of thiol groups is 1. The van der Waals surface area contributed by atoms with Gasteiger partial charge >= 0.3 is 11.9 Å². The smallest absolute Gasteiger partial charge is 0.359 e. The molecule has 0 spiro atoms. The quantitative estimate of drug-likeness (QED) is 0.611. The molecule has 0 fully saturated rings. The Morgan fingerprint density at radius 2 is 1.81 bits per heavy atom. The number of nitrogens with one attached hydrogen (secondary N) is 1. The Balaban J connectivity index is 2.99. The van der Waals surface area contributed by atoms with E-state index in [-0.39, 0.29) is 29.8 Å². The van der Waals surface area contributed by atoms with Crippen molar-refractivity contribution in [3.8, 4) is 0 Å². The Morgan fingerprint density at radius 3 is 2.38 bits per heavy atom. The minimum atomic E-state index is -0.679. The van der Waals surface area contributed by atoms with Crippen LogP contribution >= 0.6 is 12.6 Å². The number of rotatable bonds is 4. The molecule has 0 radical (unpaired) electrons. The van der Waals surface area contributed by atoms with Crippen LogP contribution in [0, 0.1) is 0 Å². The molecule has 16 heavy (non-hydrogen) atoms. The highest BCUT2D eigenvalue weighted by Crippen LogP contribution is 2.12. The fraction of sp³-hybridized carbons (Fsp3) is 0.444. The summed E-state index contributed by atoms with van der Waals surface area (Å²) in [7, 11) is 0. The van der Waals surface area contributed by atoms with E-state index in [9.17, 15) is 9.59 Å². The van der Waals surface area contributed by atoms with E-state index in [2.05, 4.69) is 22.6 Å². The zero-order valence-electron chi connectivity index (χ0n) is 8.94. The highest BCUT2D eigenvalue weighted by Gasteiger charge is 2.23. The van der Waals surface area contributed by atoms with Gasteiger partial charge in [-0.3, -0.25) is 0 Å². The summed E-state index contributed by atoms with van der Waals surface area (Å²) in [5.41, 5.74) is -0.143. The van der Waals surface area contributed by atoms with Crippen molar-refractivity contribution in [2.24, 2.45) is 0 Å². The zero-order chi connectivity index (χ0) is 12.1. The number of H-pyrrole nitrogens is 1. The fourth-order valence-corrected chi connectivity index (χ4v) is 1.27. The maximum Gasteiger partial charge on any atom is 0.359 e. The van der Waals surface area contributed by atoms with Crippen LogP contribution < -0.4 is 0 Å². The summed E-state index contributed by atoms with van der Waals surface area (Å²) in [6.07, 6.45) is 0. The summed E-state index contributed by atoms with van der Waals surface area (Å²) >= 11 is 3.92. The first-order chi connectivity index (χ1) is 7.60. The predicted octanol–water partition coefficient (Wildman–Crippen LogP) is 1.05. The number of imidazole rings is 1. The zero-order valence-corrected chi connectivity index (χ0v) is 9.84. The van der Waals surface area contributed by atoms with Gasteiger partial charge in [-0.25, -0.2) is 14.6 Å². The predicted molar refractivity (Wildman–Crippen MR) is 57.8 cm³/mol. The second-order valence-electron chi connectivity index (χ2n) is 2.72. The van der Waals surface area contributed by atoms with E-state index in [1.54, 1.807) is 13.8 Å². The summed E-state index contributed by atoms with van der Waals surface area (Å²) in [4.78, 5) is 29.2. The minimum absolute atomic E-state index is 0.0368. The van der Waals surface area contributed by atoms with Crippen LogP contribution in [-0.4, -0.2) is 35.1 Å². The van der Waals surface area contributed by atoms with Gasteiger partial charge in [0.25, 0.3) is 0 Å². The van der Waals surface area contributed by atoms with Crippen molar-refractivity contribution in [2.75, 3.05) is 13.2 Å². The van der Waals surface area contributed by atoms with E-state index in [1.807, 2.05) is 0 Å². The lowest BCUT2D eigenvalue weighted by molar-refractivity contribution is 0.0471. The first-order valence-electron chi connectivity index (χ1n) is 4.73. The Labute approximate surface area is 97.8 Å². The van der Waals surface area contributed by atoms with Gasteiger partial charge in [0.2, 0.25) is 0 Å². The topological polar surface area (TPSA) is 81.3 Å². The van der Waals surface area contributed by atoms with E-state index >= 15 is 0 Å². The lowest BCUT2D eigenvalue weighted by Crippen LogP contribution is -2.13. The van der Waals surface area contributed by atoms with Crippen LogP contribution in [0.2, 0.25) is 0 Å². The Bertz CT molecular complexity index is 367. The number of carbonyl (C=O) groups is 2. The highest BCUT2D eigenvalue weighted by molar-refractivity contribution is 7.80. The Hall–Kier alpha value is -1.50.